The number of aryl methyl sites for hydroxylation is 2. The number of aromatic amines is 2. The fraction of sp³-hybridized carbons (Fsp3) is 0.429. The number of hydrogen-bond acceptors (Lipinski definition) is 3. The highest BCUT2D eigenvalue weighted by Gasteiger charge is 2.20. The van der Waals surface area contributed by atoms with Gasteiger partial charge in [0, 0.05) is 37.4 Å². The summed E-state index contributed by atoms with van der Waals surface area (Å²) in [5.74, 6) is 0.995. The quantitative estimate of drug-likeness (QED) is 0.859. The maximum absolute atomic E-state index is 8.97. The van der Waals surface area contributed by atoms with E-state index in [4.69, 9.17) is 5.26 Å². The lowest BCUT2D eigenvalue weighted by atomic mass is 10.1. The van der Waals surface area contributed by atoms with Crippen LogP contribution >= 0.6 is 0 Å². The van der Waals surface area contributed by atoms with Gasteiger partial charge in [-0.2, -0.15) is 5.26 Å². The smallest absolute Gasteiger partial charge is 0.103 e. The van der Waals surface area contributed by atoms with E-state index in [1.807, 2.05) is 19.9 Å². The number of aromatic nitrogens is 3. The van der Waals surface area contributed by atoms with Crippen molar-refractivity contribution in [3.8, 4) is 6.07 Å². The van der Waals surface area contributed by atoms with Crippen molar-refractivity contribution in [3.63, 3.8) is 0 Å². The third kappa shape index (κ3) is 2.27. The summed E-state index contributed by atoms with van der Waals surface area (Å²) in [6.07, 6.45) is 0.991. The Labute approximate surface area is 112 Å². The van der Waals surface area contributed by atoms with E-state index in [-0.39, 0.29) is 0 Å². The number of imidazole rings is 1. The molecule has 0 bridgehead atoms. The molecular weight excluding hydrogens is 238 g/mol. The van der Waals surface area contributed by atoms with Gasteiger partial charge in [0.05, 0.1) is 17.0 Å². The van der Waals surface area contributed by atoms with Crippen LogP contribution in [0.5, 0.6) is 0 Å². The largest absolute Gasteiger partial charge is 0.360 e. The van der Waals surface area contributed by atoms with E-state index >= 15 is 0 Å². The fourth-order valence-electron chi connectivity index (χ4n) is 2.70. The Balaban J connectivity index is 1.73. The Morgan fingerprint density at radius 3 is 3.00 bits per heavy atom. The van der Waals surface area contributed by atoms with Gasteiger partial charge in [-0.3, -0.25) is 4.90 Å². The van der Waals surface area contributed by atoms with Gasteiger partial charge < -0.3 is 9.97 Å². The fourth-order valence-corrected chi connectivity index (χ4v) is 2.70. The summed E-state index contributed by atoms with van der Waals surface area (Å²) in [6, 6.07) is 4.15. The molecule has 0 saturated heterocycles. The van der Waals surface area contributed by atoms with Gasteiger partial charge in [-0.05, 0) is 19.9 Å². The molecule has 0 amide bonds. The monoisotopic (exact) mass is 255 g/mol. The molecule has 3 rings (SSSR count). The van der Waals surface area contributed by atoms with Gasteiger partial charge >= 0.3 is 0 Å². The van der Waals surface area contributed by atoms with Gasteiger partial charge in [-0.15, -0.1) is 0 Å². The molecule has 0 atom stereocenters. The maximum atomic E-state index is 8.97. The number of H-pyrrole nitrogens is 2. The third-order valence-electron chi connectivity index (χ3n) is 3.61. The standard InChI is InChI=1S/C14H17N5/c1-9-11(6-15)5-12(16-9)7-19-4-3-13-14(8-19)18-10(2)17-13/h5,16H,3-4,7-8H2,1-2H3,(H,17,18). The second-order valence-electron chi connectivity index (χ2n) is 5.15. The summed E-state index contributed by atoms with van der Waals surface area (Å²) in [4.78, 5) is 13.5. The highest BCUT2D eigenvalue weighted by atomic mass is 15.2. The minimum absolute atomic E-state index is 0.741. The van der Waals surface area contributed by atoms with Crippen LogP contribution in [0.4, 0.5) is 0 Å². The molecule has 19 heavy (non-hydrogen) atoms. The zero-order valence-corrected chi connectivity index (χ0v) is 11.2. The van der Waals surface area contributed by atoms with Crippen molar-refractivity contribution in [2.75, 3.05) is 6.54 Å². The van der Waals surface area contributed by atoms with Crippen LogP contribution in [-0.4, -0.2) is 26.4 Å². The summed E-state index contributed by atoms with van der Waals surface area (Å²) in [5.41, 5.74) is 5.23. The van der Waals surface area contributed by atoms with Crippen molar-refractivity contribution in [1.82, 2.24) is 19.9 Å². The molecular formula is C14H17N5. The Morgan fingerprint density at radius 2 is 2.26 bits per heavy atom. The van der Waals surface area contributed by atoms with E-state index in [2.05, 4.69) is 25.9 Å². The van der Waals surface area contributed by atoms with E-state index < -0.39 is 0 Å². The molecule has 98 valence electrons. The van der Waals surface area contributed by atoms with E-state index in [1.54, 1.807) is 0 Å². The Morgan fingerprint density at radius 1 is 1.42 bits per heavy atom. The van der Waals surface area contributed by atoms with E-state index in [0.29, 0.717) is 0 Å². The summed E-state index contributed by atoms with van der Waals surface area (Å²) < 4.78 is 0. The van der Waals surface area contributed by atoms with Gasteiger partial charge in [0.1, 0.15) is 11.9 Å². The predicted molar refractivity (Wildman–Crippen MR) is 71.4 cm³/mol. The first-order valence-corrected chi connectivity index (χ1v) is 6.51. The van der Waals surface area contributed by atoms with Gasteiger partial charge in [-0.1, -0.05) is 0 Å². The van der Waals surface area contributed by atoms with Gasteiger partial charge in [0.2, 0.25) is 0 Å². The first kappa shape index (κ1) is 12.0. The first-order chi connectivity index (χ1) is 9.15. The number of hydrogen-bond donors (Lipinski definition) is 2. The summed E-state index contributed by atoms with van der Waals surface area (Å²) >= 11 is 0. The number of rotatable bonds is 2. The van der Waals surface area contributed by atoms with E-state index in [0.717, 1.165) is 48.8 Å². The molecule has 0 aliphatic carbocycles. The van der Waals surface area contributed by atoms with Crippen LogP contribution in [0.2, 0.25) is 0 Å². The second kappa shape index (κ2) is 4.56. The average Bonchev–Trinajstić information content (AvgIpc) is 2.90. The molecule has 0 spiro atoms. The van der Waals surface area contributed by atoms with Crippen LogP contribution in [0.25, 0.3) is 0 Å². The van der Waals surface area contributed by atoms with Crippen LogP contribution in [0, 0.1) is 25.2 Å². The molecule has 2 aromatic rings. The van der Waals surface area contributed by atoms with Crippen molar-refractivity contribution in [1.29, 1.82) is 5.26 Å². The molecule has 0 saturated carbocycles. The predicted octanol–water partition coefficient (Wildman–Crippen LogP) is 1.78. The second-order valence-corrected chi connectivity index (χ2v) is 5.15. The van der Waals surface area contributed by atoms with Crippen LogP contribution in [-0.2, 0) is 19.5 Å². The minimum atomic E-state index is 0.741. The molecule has 0 fully saturated rings. The molecule has 2 N–H and O–H groups in total. The Hall–Kier alpha value is -2.06. The van der Waals surface area contributed by atoms with Crippen LogP contribution in [0.15, 0.2) is 6.07 Å². The highest BCUT2D eigenvalue weighted by molar-refractivity contribution is 5.36. The van der Waals surface area contributed by atoms with E-state index in [1.165, 1.54) is 11.4 Å². The molecule has 0 radical (unpaired) electrons. The van der Waals surface area contributed by atoms with Crippen LogP contribution < -0.4 is 0 Å². The maximum Gasteiger partial charge on any atom is 0.103 e. The molecule has 5 nitrogen and oxygen atoms in total. The third-order valence-corrected chi connectivity index (χ3v) is 3.61. The normalized spacial score (nSPS) is 15.2. The molecule has 2 aromatic heterocycles. The Bertz CT molecular complexity index is 643. The molecule has 5 heteroatoms. The SMILES string of the molecule is Cc1nc2c([nH]1)CN(Cc1cc(C#N)c(C)[nH]1)CC2. The molecule has 0 unspecified atom stereocenters. The van der Waals surface area contributed by atoms with Gasteiger partial charge in [0.15, 0.2) is 0 Å². The average molecular weight is 255 g/mol. The number of nitrogens with zero attached hydrogens (tertiary/aromatic N) is 3. The lowest BCUT2D eigenvalue weighted by Crippen LogP contribution is -2.30. The highest BCUT2D eigenvalue weighted by Crippen LogP contribution is 2.19. The van der Waals surface area contributed by atoms with E-state index in [9.17, 15) is 0 Å². The van der Waals surface area contributed by atoms with Gasteiger partial charge in [-0.25, -0.2) is 4.98 Å². The minimum Gasteiger partial charge on any atom is -0.360 e. The van der Waals surface area contributed by atoms with Gasteiger partial charge in [0.25, 0.3) is 0 Å². The summed E-state index contributed by atoms with van der Waals surface area (Å²) in [6.45, 7) is 6.69. The molecule has 1 aliphatic rings. The molecule has 0 aromatic carbocycles. The first-order valence-electron chi connectivity index (χ1n) is 6.51. The van der Waals surface area contributed by atoms with Crippen molar-refractivity contribution in [2.24, 2.45) is 0 Å². The van der Waals surface area contributed by atoms with Crippen LogP contribution in [0.1, 0.15) is 34.2 Å². The Kier molecular flexibility index (Phi) is 2.88. The molecule has 3 heterocycles. The zero-order chi connectivity index (χ0) is 13.4. The topological polar surface area (TPSA) is 71.5 Å². The van der Waals surface area contributed by atoms with Crippen LogP contribution in [0.3, 0.4) is 0 Å². The lowest BCUT2D eigenvalue weighted by molar-refractivity contribution is 0.239. The lowest BCUT2D eigenvalue weighted by Gasteiger charge is -2.25. The summed E-state index contributed by atoms with van der Waals surface area (Å²) in [7, 11) is 0. The number of nitriles is 1. The van der Waals surface area contributed by atoms with Crippen molar-refractivity contribution >= 4 is 0 Å². The van der Waals surface area contributed by atoms with Crippen molar-refractivity contribution in [3.05, 3.63) is 40.2 Å². The molecule has 1 aliphatic heterocycles. The number of nitrogens with one attached hydrogen (secondary N) is 2. The summed E-state index contributed by atoms with van der Waals surface area (Å²) in [5, 5.41) is 8.97. The number of fused-ring (bicyclic) bond motifs is 1. The van der Waals surface area contributed by atoms with Crippen molar-refractivity contribution in [2.45, 2.75) is 33.4 Å². The van der Waals surface area contributed by atoms with Crippen molar-refractivity contribution < 1.29 is 0 Å². The zero-order valence-electron chi connectivity index (χ0n) is 11.2.